The van der Waals surface area contributed by atoms with E-state index in [1.165, 1.54) is 12.1 Å². The Hall–Kier alpha value is -3.39. The molecule has 8 heteroatoms. The van der Waals surface area contributed by atoms with Crippen molar-refractivity contribution in [3.63, 3.8) is 0 Å². The molecular formula is C22H24N4O4. The van der Waals surface area contributed by atoms with Crippen molar-refractivity contribution in [1.29, 1.82) is 0 Å². The van der Waals surface area contributed by atoms with Crippen LogP contribution < -0.4 is 15.0 Å². The van der Waals surface area contributed by atoms with E-state index in [1.807, 2.05) is 12.3 Å². The molecule has 1 aliphatic rings. The number of non-ortho nitro benzene ring substituents is 1. The molecule has 2 aromatic carbocycles. The lowest BCUT2D eigenvalue weighted by molar-refractivity contribution is -0.384. The lowest BCUT2D eigenvalue weighted by atomic mass is 9.84. The molecule has 156 valence electrons. The van der Waals surface area contributed by atoms with Crippen molar-refractivity contribution in [2.75, 3.05) is 25.2 Å². The number of anilines is 1. The Kier molecular flexibility index (Phi) is 4.95. The number of methoxy groups -OCH3 is 1. The largest absolute Gasteiger partial charge is 0.496 e. The second-order valence-electron chi connectivity index (χ2n) is 8.22. The van der Waals surface area contributed by atoms with Gasteiger partial charge in [0.25, 0.3) is 5.69 Å². The molecule has 0 saturated heterocycles. The standard InChI is InChI=1S/C22H24N4O4/c1-22(2,3)17-11-15(25-9-5-8-23-13-25)10-16(20(17)29-4)21-24-18-12-14(26(27)28)6-7-19(18)30-21/h5-7,9-12,23H,8,13H2,1-4H3. The van der Waals surface area contributed by atoms with Gasteiger partial charge in [-0.3, -0.25) is 15.4 Å². The molecule has 0 amide bonds. The number of ether oxygens (including phenoxy) is 1. The van der Waals surface area contributed by atoms with Crippen molar-refractivity contribution in [2.45, 2.75) is 26.2 Å². The number of aromatic nitrogens is 1. The Labute approximate surface area is 174 Å². The van der Waals surface area contributed by atoms with Crippen LogP contribution in [0, 0.1) is 10.1 Å². The summed E-state index contributed by atoms with van der Waals surface area (Å²) in [5.41, 5.74) is 3.41. The molecular weight excluding hydrogens is 384 g/mol. The van der Waals surface area contributed by atoms with E-state index < -0.39 is 4.92 Å². The van der Waals surface area contributed by atoms with Crippen LogP contribution in [0.25, 0.3) is 22.6 Å². The molecule has 1 aliphatic heterocycles. The van der Waals surface area contributed by atoms with Crippen molar-refractivity contribution in [2.24, 2.45) is 0 Å². The fourth-order valence-electron chi connectivity index (χ4n) is 3.54. The van der Waals surface area contributed by atoms with Crippen molar-refractivity contribution in [3.8, 4) is 17.2 Å². The molecule has 0 fully saturated rings. The topological polar surface area (TPSA) is 93.7 Å². The number of nitro groups is 1. The molecule has 0 bridgehead atoms. The summed E-state index contributed by atoms with van der Waals surface area (Å²) in [5, 5.41) is 14.4. The van der Waals surface area contributed by atoms with Crippen LogP contribution in [0.3, 0.4) is 0 Å². The van der Waals surface area contributed by atoms with Gasteiger partial charge < -0.3 is 14.1 Å². The highest BCUT2D eigenvalue weighted by molar-refractivity contribution is 5.81. The van der Waals surface area contributed by atoms with Gasteiger partial charge in [0.15, 0.2) is 5.58 Å². The molecule has 30 heavy (non-hydrogen) atoms. The fourth-order valence-corrected chi connectivity index (χ4v) is 3.54. The monoisotopic (exact) mass is 408 g/mol. The van der Waals surface area contributed by atoms with Crippen LogP contribution in [-0.2, 0) is 5.41 Å². The predicted molar refractivity (Wildman–Crippen MR) is 116 cm³/mol. The summed E-state index contributed by atoms with van der Waals surface area (Å²) in [7, 11) is 1.63. The minimum Gasteiger partial charge on any atom is -0.496 e. The predicted octanol–water partition coefficient (Wildman–Crippen LogP) is 4.59. The zero-order chi connectivity index (χ0) is 21.5. The van der Waals surface area contributed by atoms with E-state index in [9.17, 15) is 10.1 Å². The SMILES string of the molecule is COc1c(-c2nc3cc([N+](=O)[O-])ccc3o2)cc(N2C=CCNC2)cc1C(C)(C)C. The third kappa shape index (κ3) is 3.61. The van der Waals surface area contributed by atoms with Gasteiger partial charge in [-0.2, -0.15) is 0 Å². The van der Waals surface area contributed by atoms with Crippen LogP contribution in [0.1, 0.15) is 26.3 Å². The van der Waals surface area contributed by atoms with Gasteiger partial charge in [-0.05, 0) is 23.6 Å². The van der Waals surface area contributed by atoms with Gasteiger partial charge in [-0.15, -0.1) is 0 Å². The number of hydrogen-bond acceptors (Lipinski definition) is 7. The molecule has 3 aromatic rings. The Morgan fingerprint density at radius 1 is 1.27 bits per heavy atom. The van der Waals surface area contributed by atoms with Gasteiger partial charge in [0.1, 0.15) is 11.3 Å². The van der Waals surface area contributed by atoms with Gasteiger partial charge >= 0.3 is 0 Å². The maximum atomic E-state index is 11.1. The van der Waals surface area contributed by atoms with Gasteiger partial charge in [-0.1, -0.05) is 26.8 Å². The molecule has 0 aliphatic carbocycles. The molecule has 0 radical (unpaired) electrons. The number of nitrogens with zero attached hydrogens (tertiary/aromatic N) is 3. The number of nitro benzene ring substituents is 1. The highest BCUT2D eigenvalue weighted by atomic mass is 16.6. The summed E-state index contributed by atoms with van der Waals surface area (Å²) in [6, 6.07) is 8.50. The Morgan fingerprint density at radius 3 is 2.70 bits per heavy atom. The van der Waals surface area contributed by atoms with Crippen molar-refractivity contribution >= 4 is 22.5 Å². The van der Waals surface area contributed by atoms with Crippen LogP contribution in [-0.4, -0.2) is 30.2 Å². The molecule has 4 rings (SSSR count). The summed E-state index contributed by atoms with van der Waals surface area (Å²) in [6.07, 6.45) is 4.10. The first-order valence-corrected chi connectivity index (χ1v) is 9.70. The van der Waals surface area contributed by atoms with Gasteiger partial charge in [-0.25, -0.2) is 4.98 Å². The number of nitrogens with one attached hydrogen (secondary N) is 1. The van der Waals surface area contributed by atoms with E-state index in [1.54, 1.807) is 13.2 Å². The van der Waals surface area contributed by atoms with E-state index in [-0.39, 0.29) is 11.1 Å². The van der Waals surface area contributed by atoms with Gasteiger partial charge in [0.2, 0.25) is 5.89 Å². The molecule has 0 unspecified atom stereocenters. The molecule has 1 N–H and O–H groups in total. The fraction of sp³-hybridized carbons (Fsp3) is 0.318. The van der Waals surface area contributed by atoms with Crippen molar-refractivity contribution in [3.05, 3.63) is 58.3 Å². The van der Waals surface area contributed by atoms with Crippen LogP contribution in [0.4, 0.5) is 11.4 Å². The second-order valence-corrected chi connectivity index (χ2v) is 8.22. The molecule has 0 spiro atoms. The van der Waals surface area contributed by atoms with Crippen LogP contribution in [0.2, 0.25) is 0 Å². The van der Waals surface area contributed by atoms with E-state index in [0.717, 1.165) is 17.8 Å². The second kappa shape index (κ2) is 7.46. The lowest BCUT2D eigenvalue weighted by Crippen LogP contribution is -2.34. The van der Waals surface area contributed by atoms with Crippen LogP contribution >= 0.6 is 0 Å². The highest BCUT2D eigenvalue weighted by Gasteiger charge is 2.26. The summed E-state index contributed by atoms with van der Waals surface area (Å²) in [5.74, 6) is 1.05. The summed E-state index contributed by atoms with van der Waals surface area (Å²) in [4.78, 5) is 17.3. The van der Waals surface area contributed by atoms with Crippen LogP contribution in [0.15, 0.2) is 47.0 Å². The summed E-state index contributed by atoms with van der Waals surface area (Å²) < 4.78 is 11.8. The zero-order valence-electron chi connectivity index (χ0n) is 17.4. The number of hydrogen-bond donors (Lipinski definition) is 1. The third-order valence-corrected chi connectivity index (χ3v) is 5.06. The van der Waals surface area contributed by atoms with E-state index in [0.29, 0.717) is 35.0 Å². The smallest absolute Gasteiger partial charge is 0.271 e. The lowest BCUT2D eigenvalue weighted by Gasteiger charge is -2.29. The van der Waals surface area contributed by atoms with Crippen LogP contribution in [0.5, 0.6) is 5.75 Å². The maximum absolute atomic E-state index is 11.1. The number of rotatable bonds is 4. The van der Waals surface area contributed by atoms with E-state index in [2.05, 4.69) is 48.1 Å². The van der Waals surface area contributed by atoms with Crippen molar-refractivity contribution < 1.29 is 14.1 Å². The average Bonchev–Trinajstić information content (AvgIpc) is 3.16. The number of benzene rings is 2. The Morgan fingerprint density at radius 2 is 2.07 bits per heavy atom. The molecule has 1 aromatic heterocycles. The Bertz CT molecular complexity index is 1140. The highest BCUT2D eigenvalue weighted by Crippen LogP contribution is 2.43. The zero-order valence-corrected chi connectivity index (χ0v) is 17.4. The first-order chi connectivity index (χ1) is 14.3. The first kappa shape index (κ1) is 19.9. The quantitative estimate of drug-likeness (QED) is 0.498. The number of oxazole rings is 1. The normalized spacial score (nSPS) is 14.3. The first-order valence-electron chi connectivity index (χ1n) is 9.70. The van der Waals surface area contributed by atoms with E-state index in [4.69, 9.17) is 9.15 Å². The summed E-state index contributed by atoms with van der Waals surface area (Å²) in [6.45, 7) is 7.88. The van der Waals surface area contributed by atoms with Crippen molar-refractivity contribution in [1.82, 2.24) is 10.3 Å². The minimum atomic E-state index is -0.442. The number of fused-ring (bicyclic) bond motifs is 1. The van der Waals surface area contributed by atoms with Gasteiger partial charge in [0, 0.05) is 36.1 Å². The maximum Gasteiger partial charge on any atom is 0.271 e. The molecule has 2 heterocycles. The average molecular weight is 408 g/mol. The third-order valence-electron chi connectivity index (χ3n) is 5.06. The van der Waals surface area contributed by atoms with Gasteiger partial charge in [0.05, 0.1) is 24.3 Å². The Balaban J connectivity index is 1.93. The van der Waals surface area contributed by atoms with E-state index >= 15 is 0 Å². The minimum absolute atomic E-state index is 0.0250. The molecule has 8 nitrogen and oxygen atoms in total. The summed E-state index contributed by atoms with van der Waals surface area (Å²) >= 11 is 0. The molecule has 0 atom stereocenters. The molecule has 0 saturated carbocycles.